The molecule has 0 heterocycles. The summed E-state index contributed by atoms with van der Waals surface area (Å²) in [6, 6.07) is 17.3. The average molecular weight is 350 g/mol. The van der Waals surface area contributed by atoms with Crippen molar-refractivity contribution >= 4 is 17.3 Å². The van der Waals surface area contributed by atoms with Crippen LogP contribution >= 0.6 is 0 Å². The minimum absolute atomic E-state index is 0.207. The highest BCUT2D eigenvalue weighted by molar-refractivity contribution is 6.10. The number of rotatable bonds is 5. The van der Waals surface area contributed by atoms with Crippen LogP contribution in [0.5, 0.6) is 5.75 Å². The van der Waals surface area contributed by atoms with Gasteiger partial charge in [0.05, 0.1) is 13.7 Å². The second kappa shape index (κ2) is 8.00. The summed E-state index contributed by atoms with van der Waals surface area (Å²) in [6.07, 6.45) is 2.17. The van der Waals surface area contributed by atoms with Crippen molar-refractivity contribution < 1.29 is 19.1 Å². The molecule has 1 aliphatic rings. The van der Waals surface area contributed by atoms with Crippen LogP contribution < -0.4 is 4.74 Å². The van der Waals surface area contributed by atoms with Gasteiger partial charge in [-0.15, -0.1) is 0 Å². The average Bonchev–Trinajstić information content (AvgIpc) is 2.68. The summed E-state index contributed by atoms with van der Waals surface area (Å²) in [4.78, 5) is 25.3. The number of ketones is 1. The number of methoxy groups -OCH3 is 1. The molecule has 4 heteroatoms. The Morgan fingerprint density at radius 2 is 1.88 bits per heavy atom. The summed E-state index contributed by atoms with van der Waals surface area (Å²) in [5.41, 5.74) is 2.80. The molecular formula is C22H22O4. The first kappa shape index (κ1) is 17.9. The zero-order chi connectivity index (χ0) is 18.5. The van der Waals surface area contributed by atoms with Gasteiger partial charge in [-0.1, -0.05) is 42.5 Å². The molecule has 0 saturated heterocycles. The van der Waals surface area contributed by atoms with E-state index in [4.69, 9.17) is 9.47 Å². The molecule has 26 heavy (non-hydrogen) atoms. The maximum Gasteiger partial charge on any atom is 0.317 e. The van der Waals surface area contributed by atoms with Crippen LogP contribution in [-0.2, 0) is 14.3 Å². The van der Waals surface area contributed by atoms with Gasteiger partial charge >= 0.3 is 5.97 Å². The van der Waals surface area contributed by atoms with Crippen molar-refractivity contribution in [3.05, 3.63) is 71.8 Å². The molecule has 0 fully saturated rings. The lowest BCUT2D eigenvalue weighted by molar-refractivity contribution is -0.151. The van der Waals surface area contributed by atoms with E-state index < -0.39 is 11.9 Å². The monoisotopic (exact) mass is 350 g/mol. The Bertz CT molecular complexity index is 823. The lowest BCUT2D eigenvalue weighted by Crippen LogP contribution is -2.34. The third kappa shape index (κ3) is 3.69. The van der Waals surface area contributed by atoms with Crippen LogP contribution in [0.15, 0.2) is 60.7 Å². The molecule has 3 rings (SSSR count). The van der Waals surface area contributed by atoms with Crippen molar-refractivity contribution in [1.82, 2.24) is 0 Å². The SMILES string of the molecule is CCOC(=O)[C@@H]1C(=O)C=C(c2cccc(OC)c2)C[C@@H]1c1ccccc1. The quantitative estimate of drug-likeness (QED) is 0.604. The fourth-order valence-electron chi connectivity index (χ4n) is 3.42. The molecule has 0 aliphatic heterocycles. The van der Waals surface area contributed by atoms with Gasteiger partial charge in [0.1, 0.15) is 11.7 Å². The van der Waals surface area contributed by atoms with Crippen molar-refractivity contribution in [3.63, 3.8) is 0 Å². The van der Waals surface area contributed by atoms with Gasteiger partial charge in [0, 0.05) is 5.92 Å². The molecular weight excluding hydrogens is 328 g/mol. The van der Waals surface area contributed by atoms with E-state index in [1.165, 1.54) is 0 Å². The molecule has 134 valence electrons. The van der Waals surface area contributed by atoms with Gasteiger partial charge in [-0.05, 0) is 48.3 Å². The van der Waals surface area contributed by atoms with Gasteiger partial charge in [-0.25, -0.2) is 0 Å². The predicted molar refractivity (Wildman–Crippen MR) is 99.9 cm³/mol. The Morgan fingerprint density at radius 1 is 1.12 bits per heavy atom. The summed E-state index contributed by atoms with van der Waals surface area (Å²) in [5.74, 6) is -0.964. The molecule has 2 aromatic carbocycles. The normalized spacial score (nSPS) is 19.6. The Hall–Kier alpha value is -2.88. The van der Waals surface area contributed by atoms with E-state index >= 15 is 0 Å². The Balaban J connectivity index is 2.01. The van der Waals surface area contributed by atoms with Gasteiger partial charge in [-0.2, -0.15) is 0 Å². The van der Waals surface area contributed by atoms with Gasteiger partial charge in [0.25, 0.3) is 0 Å². The van der Waals surface area contributed by atoms with E-state index in [-0.39, 0.29) is 18.3 Å². The maximum absolute atomic E-state index is 12.8. The molecule has 0 aromatic heterocycles. The molecule has 0 radical (unpaired) electrons. The highest BCUT2D eigenvalue weighted by Crippen LogP contribution is 2.40. The fourth-order valence-corrected chi connectivity index (χ4v) is 3.42. The first-order chi connectivity index (χ1) is 12.6. The Kier molecular flexibility index (Phi) is 5.52. The molecule has 0 bridgehead atoms. The van der Waals surface area contributed by atoms with Gasteiger partial charge in [0.2, 0.25) is 0 Å². The van der Waals surface area contributed by atoms with Crippen molar-refractivity contribution in [1.29, 1.82) is 0 Å². The molecule has 0 saturated carbocycles. The number of ether oxygens (including phenoxy) is 2. The fraction of sp³-hybridized carbons (Fsp3) is 0.273. The van der Waals surface area contributed by atoms with Crippen molar-refractivity contribution in [2.45, 2.75) is 19.3 Å². The summed E-state index contributed by atoms with van der Waals surface area (Å²) >= 11 is 0. The number of hydrogen-bond donors (Lipinski definition) is 0. The minimum Gasteiger partial charge on any atom is -0.497 e. The highest BCUT2D eigenvalue weighted by Gasteiger charge is 2.39. The van der Waals surface area contributed by atoms with E-state index in [1.54, 1.807) is 20.1 Å². The van der Waals surface area contributed by atoms with Crippen LogP contribution in [0, 0.1) is 5.92 Å². The molecule has 0 unspecified atom stereocenters. The lowest BCUT2D eigenvalue weighted by atomic mass is 9.73. The van der Waals surface area contributed by atoms with Crippen LogP contribution in [0.1, 0.15) is 30.4 Å². The van der Waals surface area contributed by atoms with E-state index in [0.717, 1.165) is 22.4 Å². The zero-order valence-corrected chi connectivity index (χ0v) is 15.0. The second-order valence-electron chi connectivity index (χ2n) is 6.25. The molecule has 1 aliphatic carbocycles. The second-order valence-corrected chi connectivity index (χ2v) is 6.25. The largest absolute Gasteiger partial charge is 0.497 e. The van der Waals surface area contributed by atoms with E-state index in [2.05, 4.69) is 0 Å². The molecule has 2 atom stereocenters. The smallest absolute Gasteiger partial charge is 0.317 e. The lowest BCUT2D eigenvalue weighted by Gasteiger charge is -2.29. The van der Waals surface area contributed by atoms with Crippen molar-refractivity contribution in [2.75, 3.05) is 13.7 Å². The predicted octanol–water partition coefficient (Wildman–Crippen LogP) is 4.01. The Morgan fingerprint density at radius 3 is 2.58 bits per heavy atom. The van der Waals surface area contributed by atoms with Crippen LogP contribution in [0.2, 0.25) is 0 Å². The third-order valence-electron chi connectivity index (χ3n) is 4.67. The number of hydrogen-bond acceptors (Lipinski definition) is 4. The summed E-state index contributed by atoms with van der Waals surface area (Å²) in [7, 11) is 1.61. The van der Waals surface area contributed by atoms with Crippen LogP contribution in [0.25, 0.3) is 5.57 Å². The number of carbonyl (C=O) groups is 2. The Labute approximate surface area is 153 Å². The first-order valence-electron chi connectivity index (χ1n) is 8.74. The minimum atomic E-state index is -0.799. The molecule has 0 spiro atoms. The van der Waals surface area contributed by atoms with Crippen LogP contribution in [0.3, 0.4) is 0 Å². The summed E-state index contributed by atoms with van der Waals surface area (Å²) in [5, 5.41) is 0. The van der Waals surface area contributed by atoms with E-state index in [1.807, 2.05) is 54.6 Å². The number of benzene rings is 2. The molecule has 0 N–H and O–H groups in total. The van der Waals surface area contributed by atoms with Gasteiger partial charge < -0.3 is 9.47 Å². The van der Waals surface area contributed by atoms with Crippen molar-refractivity contribution in [3.8, 4) is 5.75 Å². The molecule has 2 aromatic rings. The topological polar surface area (TPSA) is 52.6 Å². The number of carbonyl (C=O) groups excluding carboxylic acids is 2. The third-order valence-corrected chi connectivity index (χ3v) is 4.67. The number of esters is 1. The maximum atomic E-state index is 12.8. The summed E-state index contributed by atoms with van der Waals surface area (Å²) in [6.45, 7) is 2.01. The van der Waals surface area contributed by atoms with Crippen LogP contribution in [-0.4, -0.2) is 25.5 Å². The molecule has 0 amide bonds. The standard InChI is InChI=1S/C22H22O4/c1-3-26-22(24)21-19(15-8-5-4-6-9-15)13-17(14-20(21)23)16-10-7-11-18(12-16)25-2/h4-12,14,19,21H,3,13H2,1-2H3/t19-,21+/m1/s1. The van der Waals surface area contributed by atoms with Gasteiger partial charge in [0.15, 0.2) is 5.78 Å². The summed E-state index contributed by atoms with van der Waals surface area (Å²) < 4.78 is 10.5. The van der Waals surface area contributed by atoms with E-state index in [9.17, 15) is 9.59 Å². The van der Waals surface area contributed by atoms with Crippen LogP contribution in [0.4, 0.5) is 0 Å². The van der Waals surface area contributed by atoms with E-state index in [0.29, 0.717) is 6.42 Å². The first-order valence-corrected chi connectivity index (χ1v) is 8.74. The zero-order valence-electron chi connectivity index (χ0n) is 15.0. The molecule has 4 nitrogen and oxygen atoms in total. The van der Waals surface area contributed by atoms with Crippen molar-refractivity contribution in [2.24, 2.45) is 5.92 Å². The number of allylic oxidation sites excluding steroid dienone is 2. The van der Waals surface area contributed by atoms with Gasteiger partial charge in [-0.3, -0.25) is 9.59 Å². The highest BCUT2D eigenvalue weighted by atomic mass is 16.5.